The minimum atomic E-state index is 0.259. The number of aromatic nitrogens is 2. The molecule has 18 heavy (non-hydrogen) atoms. The highest BCUT2D eigenvalue weighted by atomic mass is 15.2. The highest BCUT2D eigenvalue weighted by Gasteiger charge is 2.06. The van der Waals surface area contributed by atoms with E-state index in [0.29, 0.717) is 5.56 Å². The lowest BCUT2D eigenvalue weighted by molar-refractivity contribution is 0.574. The summed E-state index contributed by atoms with van der Waals surface area (Å²) in [5.74, 6) is 0. The van der Waals surface area contributed by atoms with Crippen LogP contribution >= 0.6 is 0 Å². The van der Waals surface area contributed by atoms with Crippen LogP contribution in [0.2, 0.25) is 0 Å². The zero-order chi connectivity index (χ0) is 13.0. The molecule has 1 aromatic carbocycles. The highest BCUT2D eigenvalue weighted by molar-refractivity contribution is 5.31. The summed E-state index contributed by atoms with van der Waals surface area (Å²) in [6.07, 6.45) is 3.88. The molecule has 0 amide bonds. The molecule has 0 bridgehead atoms. The minimum Gasteiger partial charge on any atom is -0.306 e. The highest BCUT2D eigenvalue weighted by Crippen LogP contribution is 2.11. The van der Waals surface area contributed by atoms with Crippen molar-refractivity contribution in [1.82, 2.24) is 15.1 Å². The molecule has 1 heterocycles. The van der Waals surface area contributed by atoms with Crippen LogP contribution in [0.1, 0.15) is 29.7 Å². The van der Waals surface area contributed by atoms with Crippen LogP contribution in [0.3, 0.4) is 0 Å². The molecule has 0 fully saturated rings. The topological polar surface area (TPSA) is 53.6 Å². The molecule has 2 rings (SSSR count). The normalized spacial score (nSPS) is 12.1. The van der Waals surface area contributed by atoms with Crippen molar-refractivity contribution in [2.24, 2.45) is 7.05 Å². The fourth-order valence-corrected chi connectivity index (χ4v) is 1.75. The number of benzene rings is 1. The first-order valence-corrected chi connectivity index (χ1v) is 5.90. The number of nitrogens with zero attached hydrogens (tertiary/aromatic N) is 3. The van der Waals surface area contributed by atoms with Crippen LogP contribution in [0.4, 0.5) is 0 Å². The zero-order valence-corrected chi connectivity index (χ0v) is 10.6. The van der Waals surface area contributed by atoms with Gasteiger partial charge in [0.2, 0.25) is 0 Å². The largest absolute Gasteiger partial charge is 0.306 e. The molecule has 1 aromatic heterocycles. The molecule has 0 spiro atoms. The van der Waals surface area contributed by atoms with Gasteiger partial charge in [-0.1, -0.05) is 12.1 Å². The third-order valence-corrected chi connectivity index (χ3v) is 2.92. The second-order valence-corrected chi connectivity index (χ2v) is 4.36. The third kappa shape index (κ3) is 2.96. The maximum absolute atomic E-state index is 8.72. The van der Waals surface area contributed by atoms with Crippen molar-refractivity contribution in [3.8, 4) is 6.07 Å². The van der Waals surface area contributed by atoms with Crippen molar-refractivity contribution in [3.63, 3.8) is 0 Å². The number of rotatable bonds is 4. The van der Waals surface area contributed by atoms with Gasteiger partial charge in [-0.15, -0.1) is 0 Å². The number of aryl methyl sites for hydroxylation is 1. The predicted molar refractivity (Wildman–Crippen MR) is 69.6 cm³/mol. The van der Waals surface area contributed by atoms with E-state index in [4.69, 9.17) is 5.26 Å². The molecule has 0 aliphatic rings. The Morgan fingerprint density at radius 3 is 2.67 bits per heavy atom. The zero-order valence-electron chi connectivity index (χ0n) is 10.6. The Bertz CT molecular complexity index is 548. The van der Waals surface area contributed by atoms with Crippen LogP contribution < -0.4 is 5.32 Å². The molecule has 0 aliphatic carbocycles. The molecule has 1 N–H and O–H groups in total. The lowest BCUT2D eigenvalue weighted by Gasteiger charge is -2.11. The maximum Gasteiger partial charge on any atom is 0.0991 e. The molecule has 92 valence electrons. The summed E-state index contributed by atoms with van der Waals surface area (Å²) in [5.41, 5.74) is 3.04. The number of nitrogens with one attached hydrogen (secondary N) is 1. The standard InChI is InChI=1S/C14H16N4/c1-11(14-9-17-18(2)10-14)16-8-13-5-3-12(7-15)4-6-13/h3-6,9-11,16H,8H2,1-2H3. The lowest BCUT2D eigenvalue weighted by atomic mass is 10.1. The molecular weight excluding hydrogens is 224 g/mol. The van der Waals surface area contributed by atoms with Gasteiger partial charge in [-0.2, -0.15) is 10.4 Å². The Morgan fingerprint density at radius 1 is 1.39 bits per heavy atom. The van der Waals surface area contributed by atoms with Crippen LogP contribution in [0, 0.1) is 11.3 Å². The molecule has 2 aromatic rings. The van der Waals surface area contributed by atoms with E-state index in [-0.39, 0.29) is 6.04 Å². The van der Waals surface area contributed by atoms with E-state index in [1.54, 1.807) is 4.68 Å². The maximum atomic E-state index is 8.72. The Kier molecular flexibility index (Phi) is 3.75. The quantitative estimate of drug-likeness (QED) is 0.890. The summed E-state index contributed by atoms with van der Waals surface area (Å²) in [5, 5.41) is 16.3. The third-order valence-electron chi connectivity index (χ3n) is 2.92. The van der Waals surface area contributed by atoms with Gasteiger partial charge in [0.15, 0.2) is 0 Å². The minimum absolute atomic E-state index is 0.259. The fourth-order valence-electron chi connectivity index (χ4n) is 1.75. The Morgan fingerprint density at radius 2 is 2.11 bits per heavy atom. The summed E-state index contributed by atoms with van der Waals surface area (Å²) < 4.78 is 1.80. The van der Waals surface area contributed by atoms with E-state index in [9.17, 15) is 0 Å². The molecule has 1 atom stereocenters. The summed E-state index contributed by atoms with van der Waals surface area (Å²) in [4.78, 5) is 0. The second-order valence-electron chi connectivity index (χ2n) is 4.36. The van der Waals surface area contributed by atoms with Gasteiger partial charge in [0.05, 0.1) is 17.8 Å². The molecule has 0 saturated heterocycles. The van der Waals surface area contributed by atoms with Crippen molar-refractivity contribution in [3.05, 3.63) is 53.3 Å². The Labute approximate surface area is 107 Å². The predicted octanol–water partition coefficient (Wildman–Crippen LogP) is 2.14. The average Bonchev–Trinajstić information content (AvgIpc) is 2.83. The first-order valence-electron chi connectivity index (χ1n) is 5.90. The average molecular weight is 240 g/mol. The Balaban J connectivity index is 1.93. The van der Waals surface area contributed by atoms with Gasteiger partial charge >= 0.3 is 0 Å². The number of hydrogen-bond donors (Lipinski definition) is 1. The van der Waals surface area contributed by atoms with E-state index in [1.807, 2.05) is 43.7 Å². The monoisotopic (exact) mass is 240 g/mol. The SMILES string of the molecule is CC(NCc1ccc(C#N)cc1)c1cnn(C)c1. The van der Waals surface area contributed by atoms with Gasteiger partial charge in [-0.05, 0) is 24.6 Å². The second kappa shape index (κ2) is 5.48. The van der Waals surface area contributed by atoms with Gasteiger partial charge in [-0.25, -0.2) is 0 Å². The van der Waals surface area contributed by atoms with Crippen LogP contribution in [-0.4, -0.2) is 9.78 Å². The van der Waals surface area contributed by atoms with Crippen LogP contribution in [0.5, 0.6) is 0 Å². The Hall–Kier alpha value is -2.12. The van der Waals surface area contributed by atoms with Gasteiger partial charge in [0.25, 0.3) is 0 Å². The summed E-state index contributed by atoms with van der Waals surface area (Å²) >= 11 is 0. The van der Waals surface area contributed by atoms with Crippen molar-refractivity contribution < 1.29 is 0 Å². The van der Waals surface area contributed by atoms with Gasteiger partial charge in [-0.3, -0.25) is 4.68 Å². The number of hydrogen-bond acceptors (Lipinski definition) is 3. The summed E-state index contributed by atoms with van der Waals surface area (Å²) in [7, 11) is 1.91. The van der Waals surface area contributed by atoms with Gasteiger partial charge in [0, 0.05) is 31.4 Å². The van der Waals surface area contributed by atoms with Crippen LogP contribution in [-0.2, 0) is 13.6 Å². The van der Waals surface area contributed by atoms with Crippen LogP contribution in [0.15, 0.2) is 36.7 Å². The molecule has 1 unspecified atom stereocenters. The summed E-state index contributed by atoms with van der Waals surface area (Å²) in [6, 6.07) is 10.0. The van der Waals surface area contributed by atoms with Crippen LogP contribution in [0.25, 0.3) is 0 Å². The van der Waals surface area contributed by atoms with E-state index >= 15 is 0 Å². The molecule has 0 radical (unpaired) electrons. The smallest absolute Gasteiger partial charge is 0.0991 e. The van der Waals surface area contributed by atoms with E-state index < -0.39 is 0 Å². The summed E-state index contributed by atoms with van der Waals surface area (Å²) in [6.45, 7) is 2.89. The number of nitriles is 1. The van der Waals surface area contributed by atoms with Crippen molar-refractivity contribution in [1.29, 1.82) is 5.26 Å². The first kappa shape index (κ1) is 12.3. The van der Waals surface area contributed by atoms with E-state index in [0.717, 1.165) is 6.54 Å². The van der Waals surface area contributed by atoms with Crippen molar-refractivity contribution in [2.45, 2.75) is 19.5 Å². The fraction of sp³-hybridized carbons (Fsp3) is 0.286. The molecular formula is C14H16N4. The molecule has 4 heteroatoms. The van der Waals surface area contributed by atoms with Gasteiger partial charge in [0.1, 0.15) is 0 Å². The van der Waals surface area contributed by atoms with Gasteiger partial charge < -0.3 is 5.32 Å². The van der Waals surface area contributed by atoms with E-state index in [2.05, 4.69) is 23.4 Å². The first-order chi connectivity index (χ1) is 8.69. The lowest BCUT2D eigenvalue weighted by Crippen LogP contribution is -2.17. The molecule has 0 saturated carbocycles. The molecule has 0 aliphatic heterocycles. The molecule has 4 nitrogen and oxygen atoms in total. The van der Waals surface area contributed by atoms with E-state index in [1.165, 1.54) is 11.1 Å². The van der Waals surface area contributed by atoms with Crippen molar-refractivity contribution in [2.75, 3.05) is 0 Å². The van der Waals surface area contributed by atoms with Crippen molar-refractivity contribution >= 4 is 0 Å².